The number of aromatic amines is 1. The number of rotatable bonds is 3. The van der Waals surface area contributed by atoms with Crippen LogP contribution < -0.4 is 4.90 Å². The molecule has 1 aliphatic carbocycles. The molecule has 2 aliphatic rings. The molecule has 7 rings (SSSR count). The molecule has 1 saturated heterocycles. The van der Waals surface area contributed by atoms with E-state index in [-0.39, 0.29) is 0 Å². The van der Waals surface area contributed by atoms with E-state index >= 15 is 0 Å². The zero-order chi connectivity index (χ0) is 21.8. The third kappa shape index (κ3) is 3.00. The number of para-hydroxylation sites is 1. The van der Waals surface area contributed by atoms with Gasteiger partial charge in [0.05, 0.1) is 11.7 Å². The molecule has 6 nitrogen and oxygen atoms in total. The summed E-state index contributed by atoms with van der Waals surface area (Å²) in [6.45, 7) is 2.10. The second kappa shape index (κ2) is 7.51. The Labute approximate surface area is 192 Å². The molecular weight excluding hydrogens is 408 g/mol. The second-order valence-corrected chi connectivity index (χ2v) is 9.42. The number of anilines is 1. The van der Waals surface area contributed by atoms with E-state index < -0.39 is 0 Å². The summed E-state index contributed by atoms with van der Waals surface area (Å²) in [4.78, 5) is 25.5. The SMILES string of the molecule is c1ccc2c(c1)[nH]c1nccc(-c3nc(N4CCCCC4)c4c(C5CCC5)cncc4n3)c12. The van der Waals surface area contributed by atoms with Gasteiger partial charge in [-0.1, -0.05) is 24.6 Å². The average Bonchev–Trinajstić information content (AvgIpc) is 3.22. The third-order valence-electron chi connectivity index (χ3n) is 7.46. The Balaban J connectivity index is 1.51. The standard InChI is InChI=1S/C27H26N6/c1-4-13-33(14-5-1)27-24-20(17-7-6-8-17)15-28-16-22(24)31-25(32-27)19-11-12-29-26-23(19)18-9-2-3-10-21(18)30-26/h2-3,9-12,15-17H,1,4-8,13-14H2,(H,29,30). The number of pyridine rings is 2. The lowest BCUT2D eigenvalue weighted by Crippen LogP contribution is -2.31. The first kappa shape index (κ1) is 19.0. The van der Waals surface area contributed by atoms with Crippen molar-refractivity contribution >= 4 is 38.7 Å². The Kier molecular flexibility index (Phi) is 4.32. The maximum Gasteiger partial charge on any atom is 0.163 e. The van der Waals surface area contributed by atoms with Crippen LogP contribution in [0.5, 0.6) is 0 Å². The van der Waals surface area contributed by atoms with E-state index in [2.05, 4.69) is 44.2 Å². The quantitative estimate of drug-likeness (QED) is 0.378. The number of hydrogen-bond acceptors (Lipinski definition) is 5. The molecule has 1 aliphatic heterocycles. The van der Waals surface area contributed by atoms with Crippen molar-refractivity contribution in [1.82, 2.24) is 24.9 Å². The molecular formula is C27H26N6. The molecule has 0 bridgehead atoms. The summed E-state index contributed by atoms with van der Waals surface area (Å²) in [5.74, 6) is 2.43. The van der Waals surface area contributed by atoms with E-state index in [1.54, 1.807) is 0 Å². The minimum Gasteiger partial charge on any atom is -0.356 e. The first-order valence-corrected chi connectivity index (χ1v) is 12.1. The van der Waals surface area contributed by atoms with Crippen molar-refractivity contribution in [2.75, 3.05) is 18.0 Å². The largest absolute Gasteiger partial charge is 0.356 e. The topological polar surface area (TPSA) is 70.6 Å². The molecule has 0 amide bonds. The van der Waals surface area contributed by atoms with E-state index in [4.69, 9.17) is 9.97 Å². The number of fused-ring (bicyclic) bond motifs is 4. The molecule has 5 aromatic rings. The number of nitrogens with one attached hydrogen (secondary N) is 1. The molecule has 4 aromatic heterocycles. The zero-order valence-corrected chi connectivity index (χ0v) is 18.6. The van der Waals surface area contributed by atoms with Crippen molar-refractivity contribution in [1.29, 1.82) is 0 Å². The first-order chi connectivity index (χ1) is 16.4. The summed E-state index contributed by atoms with van der Waals surface area (Å²) in [5, 5.41) is 3.45. The number of H-pyrrole nitrogens is 1. The lowest BCUT2D eigenvalue weighted by molar-refractivity contribution is 0.421. The highest BCUT2D eigenvalue weighted by molar-refractivity contribution is 6.12. The molecule has 6 heteroatoms. The molecule has 0 unspecified atom stereocenters. The normalized spacial score (nSPS) is 17.2. The van der Waals surface area contributed by atoms with Gasteiger partial charge in [-0.2, -0.15) is 0 Å². The Morgan fingerprint density at radius 3 is 2.61 bits per heavy atom. The van der Waals surface area contributed by atoms with Crippen LogP contribution in [0.15, 0.2) is 48.9 Å². The Hall–Kier alpha value is -3.54. The lowest BCUT2D eigenvalue weighted by atomic mass is 9.79. The van der Waals surface area contributed by atoms with Gasteiger partial charge in [0.1, 0.15) is 11.5 Å². The van der Waals surface area contributed by atoms with Gasteiger partial charge in [0.25, 0.3) is 0 Å². The second-order valence-electron chi connectivity index (χ2n) is 9.42. The van der Waals surface area contributed by atoms with Gasteiger partial charge in [0.15, 0.2) is 5.82 Å². The monoisotopic (exact) mass is 434 g/mol. The van der Waals surface area contributed by atoms with Crippen LogP contribution >= 0.6 is 0 Å². The molecule has 1 N–H and O–H groups in total. The van der Waals surface area contributed by atoms with Gasteiger partial charge in [0.2, 0.25) is 0 Å². The maximum atomic E-state index is 5.28. The predicted molar refractivity (Wildman–Crippen MR) is 133 cm³/mol. The van der Waals surface area contributed by atoms with Crippen molar-refractivity contribution < 1.29 is 0 Å². The van der Waals surface area contributed by atoms with Crippen LogP contribution in [0, 0.1) is 0 Å². The van der Waals surface area contributed by atoms with Gasteiger partial charge >= 0.3 is 0 Å². The number of benzene rings is 1. The third-order valence-corrected chi connectivity index (χ3v) is 7.46. The predicted octanol–water partition coefficient (Wildman–Crippen LogP) is 5.98. The summed E-state index contributed by atoms with van der Waals surface area (Å²) in [6.07, 6.45) is 13.3. The van der Waals surface area contributed by atoms with Crippen LogP contribution in [-0.4, -0.2) is 38.0 Å². The molecule has 33 heavy (non-hydrogen) atoms. The van der Waals surface area contributed by atoms with Crippen LogP contribution in [0.2, 0.25) is 0 Å². The van der Waals surface area contributed by atoms with E-state index in [0.717, 1.165) is 57.7 Å². The van der Waals surface area contributed by atoms with Crippen LogP contribution in [0.3, 0.4) is 0 Å². The van der Waals surface area contributed by atoms with Crippen LogP contribution in [-0.2, 0) is 0 Å². The highest BCUT2D eigenvalue weighted by Gasteiger charge is 2.27. The molecule has 164 valence electrons. The van der Waals surface area contributed by atoms with Gasteiger partial charge in [-0.25, -0.2) is 15.0 Å². The summed E-state index contributed by atoms with van der Waals surface area (Å²) in [5.41, 5.74) is 5.26. The van der Waals surface area contributed by atoms with Crippen molar-refractivity contribution in [2.45, 2.75) is 44.4 Å². The maximum absolute atomic E-state index is 5.28. The van der Waals surface area contributed by atoms with Gasteiger partial charge in [-0.3, -0.25) is 4.98 Å². The smallest absolute Gasteiger partial charge is 0.163 e. The Bertz CT molecular complexity index is 1490. The average molecular weight is 435 g/mol. The molecule has 2 fully saturated rings. The number of nitrogens with zero attached hydrogens (tertiary/aromatic N) is 5. The summed E-state index contributed by atoms with van der Waals surface area (Å²) < 4.78 is 0. The lowest BCUT2D eigenvalue weighted by Gasteiger charge is -2.32. The van der Waals surface area contributed by atoms with Crippen molar-refractivity contribution in [2.24, 2.45) is 0 Å². The number of aromatic nitrogens is 5. The number of hydrogen-bond donors (Lipinski definition) is 1. The fourth-order valence-corrected chi connectivity index (χ4v) is 5.53. The van der Waals surface area contributed by atoms with Crippen LogP contribution in [0.4, 0.5) is 5.82 Å². The highest BCUT2D eigenvalue weighted by Crippen LogP contribution is 2.42. The summed E-state index contributed by atoms with van der Waals surface area (Å²) in [7, 11) is 0. The molecule has 1 saturated carbocycles. The summed E-state index contributed by atoms with van der Waals surface area (Å²) in [6, 6.07) is 10.4. The van der Waals surface area contributed by atoms with E-state index in [1.807, 2.05) is 24.5 Å². The van der Waals surface area contributed by atoms with Gasteiger partial charge < -0.3 is 9.88 Å². The zero-order valence-electron chi connectivity index (χ0n) is 18.6. The summed E-state index contributed by atoms with van der Waals surface area (Å²) >= 11 is 0. The van der Waals surface area contributed by atoms with E-state index in [0.29, 0.717) is 5.92 Å². The Morgan fingerprint density at radius 2 is 1.76 bits per heavy atom. The van der Waals surface area contributed by atoms with Gasteiger partial charge in [-0.05, 0) is 55.7 Å². The molecule has 0 spiro atoms. The van der Waals surface area contributed by atoms with Gasteiger partial charge in [0, 0.05) is 52.7 Å². The van der Waals surface area contributed by atoms with Crippen molar-refractivity contribution in [3.8, 4) is 11.4 Å². The minimum absolute atomic E-state index is 0.584. The first-order valence-electron chi connectivity index (χ1n) is 12.1. The van der Waals surface area contributed by atoms with E-state index in [1.165, 1.54) is 49.5 Å². The molecule has 0 atom stereocenters. The fraction of sp³-hybridized carbons (Fsp3) is 0.333. The highest BCUT2D eigenvalue weighted by atomic mass is 15.2. The molecule has 0 radical (unpaired) electrons. The van der Waals surface area contributed by atoms with Gasteiger partial charge in [-0.15, -0.1) is 0 Å². The minimum atomic E-state index is 0.584. The fourth-order valence-electron chi connectivity index (χ4n) is 5.53. The molecule has 5 heterocycles. The van der Waals surface area contributed by atoms with Crippen LogP contribution in [0.25, 0.3) is 44.2 Å². The molecule has 1 aromatic carbocycles. The van der Waals surface area contributed by atoms with Crippen molar-refractivity contribution in [3.05, 3.63) is 54.5 Å². The Morgan fingerprint density at radius 1 is 0.879 bits per heavy atom. The number of piperidine rings is 1. The van der Waals surface area contributed by atoms with Crippen LogP contribution in [0.1, 0.15) is 50.0 Å². The van der Waals surface area contributed by atoms with Crippen molar-refractivity contribution in [3.63, 3.8) is 0 Å². The van der Waals surface area contributed by atoms with E-state index in [9.17, 15) is 0 Å².